The summed E-state index contributed by atoms with van der Waals surface area (Å²) in [7, 11) is 0. The van der Waals surface area contributed by atoms with Gasteiger partial charge in [-0.25, -0.2) is 0 Å². The average Bonchev–Trinajstić information content (AvgIpc) is 2.17. The van der Waals surface area contributed by atoms with Crippen molar-refractivity contribution in [3.63, 3.8) is 0 Å². The number of aliphatic hydroxyl groups is 1. The standard InChI is InChI=1S/C12H14O/c1-9(13)11-7-6-10-4-2-3-5-12(10)8-11/h3,5-9,13H,2,4H2,1H3. The second kappa shape index (κ2) is 3.35. The molecule has 0 fully saturated rings. The first kappa shape index (κ1) is 8.52. The Labute approximate surface area is 78.7 Å². The van der Waals surface area contributed by atoms with Crippen molar-refractivity contribution in [2.24, 2.45) is 0 Å². The quantitative estimate of drug-likeness (QED) is 0.694. The molecular weight excluding hydrogens is 160 g/mol. The maximum absolute atomic E-state index is 9.40. The summed E-state index contributed by atoms with van der Waals surface area (Å²) in [6.07, 6.45) is 6.24. The largest absolute Gasteiger partial charge is 0.389 e. The van der Waals surface area contributed by atoms with E-state index in [1.54, 1.807) is 6.92 Å². The summed E-state index contributed by atoms with van der Waals surface area (Å²) < 4.78 is 0. The summed E-state index contributed by atoms with van der Waals surface area (Å²) >= 11 is 0. The van der Waals surface area contributed by atoms with Crippen molar-refractivity contribution in [2.45, 2.75) is 25.9 Å². The van der Waals surface area contributed by atoms with Crippen molar-refractivity contribution >= 4 is 6.08 Å². The van der Waals surface area contributed by atoms with Crippen LogP contribution < -0.4 is 0 Å². The van der Waals surface area contributed by atoms with Crippen LogP contribution in [0.25, 0.3) is 6.08 Å². The van der Waals surface area contributed by atoms with Crippen molar-refractivity contribution in [1.29, 1.82) is 0 Å². The number of benzene rings is 1. The van der Waals surface area contributed by atoms with Crippen LogP contribution in [0.15, 0.2) is 24.3 Å². The predicted molar refractivity (Wildman–Crippen MR) is 54.4 cm³/mol. The van der Waals surface area contributed by atoms with Crippen molar-refractivity contribution in [2.75, 3.05) is 0 Å². The summed E-state index contributed by atoms with van der Waals surface area (Å²) in [6.45, 7) is 1.80. The molecule has 1 heteroatoms. The van der Waals surface area contributed by atoms with Crippen LogP contribution in [0.2, 0.25) is 0 Å². The Hall–Kier alpha value is -1.08. The Kier molecular flexibility index (Phi) is 2.19. The third kappa shape index (κ3) is 1.65. The van der Waals surface area contributed by atoms with Gasteiger partial charge in [0, 0.05) is 0 Å². The van der Waals surface area contributed by atoms with Gasteiger partial charge >= 0.3 is 0 Å². The van der Waals surface area contributed by atoms with Gasteiger partial charge in [-0.05, 0) is 42.5 Å². The molecule has 0 saturated heterocycles. The first-order chi connectivity index (χ1) is 6.27. The lowest BCUT2D eigenvalue weighted by atomic mass is 9.94. The van der Waals surface area contributed by atoms with E-state index in [9.17, 15) is 5.11 Å². The van der Waals surface area contributed by atoms with Gasteiger partial charge in [-0.1, -0.05) is 24.3 Å². The van der Waals surface area contributed by atoms with Crippen LogP contribution in [-0.4, -0.2) is 5.11 Å². The summed E-state index contributed by atoms with van der Waals surface area (Å²) in [5.74, 6) is 0. The van der Waals surface area contributed by atoms with Gasteiger partial charge in [0.05, 0.1) is 6.10 Å². The minimum absolute atomic E-state index is 0.361. The van der Waals surface area contributed by atoms with Gasteiger partial charge in [0.25, 0.3) is 0 Å². The Morgan fingerprint density at radius 1 is 1.38 bits per heavy atom. The van der Waals surface area contributed by atoms with Crippen LogP contribution in [0.5, 0.6) is 0 Å². The second-order valence-electron chi connectivity index (χ2n) is 3.58. The van der Waals surface area contributed by atoms with E-state index in [1.165, 1.54) is 11.1 Å². The van der Waals surface area contributed by atoms with E-state index in [0.29, 0.717) is 0 Å². The van der Waals surface area contributed by atoms with Crippen molar-refractivity contribution in [3.05, 3.63) is 41.0 Å². The molecule has 0 radical (unpaired) electrons. The highest BCUT2D eigenvalue weighted by atomic mass is 16.3. The Bertz CT molecular complexity index is 337. The lowest BCUT2D eigenvalue weighted by molar-refractivity contribution is 0.199. The molecule has 0 heterocycles. The normalized spacial score (nSPS) is 16.8. The fourth-order valence-corrected chi connectivity index (χ4v) is 1.71. The Morgan fingerprint density at radius 3 is 3.00 bits per heavy atom. The molecule has 0 amide bonds. The van der Waals surface area contributed by atoms with E-state index < -0.39 is 0 Å². The molecule has 1 aliphatic rings. The van der Waals surface area contributed by atoms with Gasteiger partial charge in [0.1, 0.15) is 0 Å². The van der Waals surface area contributed by atoms with Crippen LogP contribution in [0.3, 0.4) is 0 Å². The lowest BCUT2D eigenvalue weighted by Crippen LogP contribution is -1.97. The second-order valence-corrected chi connectivity index (χ2v) is 3.58. The summed E-state index contributed by atoms with van der Waals surface area (Å²) in [6, 6.07) is 6.22. The van der Waals surface area contributed by atoms with E-state index in [2.05, 4.69) is 24.3 Å². The van der Waals surface area contributed by atoms with Gasteiger partial charge in [0.2, 0.25) is 0 Å². The minimum atomic E-state index is -0.361. The van der Waals surface area contributed by atoms with E-state index in [1.807, 2.05) is 6.07 Å². The number of hydrogen-bond donors (Lipinski definition) is 1. The van der Waals surface area contributed by atoms with E-state index >= 15 is 0 Å². The molecule has 1 aromatic carbocycles. The highest BCUT2D eigenvalue weighted by molar-refractivity contribution is 5.57. The van der Waals surface area contributed by atoms with Crippen LogP contribution in [0, 0.1) is 0 Å². The molecule has 1 aromatic rings. The lowest BCUT2D eigenvalue weighted by Gasteiger charge is -2.13. The molecule has 13 heavy (non-hydrogen) atoms. The molecule has 1 atom stereocenters. The summed E-state index contributed by atoms with van der Waals surface area (Å²) in [5, 5.41) is 9.40. The molecule has 0 spiro atoms. The maximum Gasteiger partial charge on any atom is 0.0762 e. The van der Waals surface area contributed by atoms with E-state index in [4.69, 9.17) is 0 Å². The Morgan fingerprint density at radius 2 is 2.23 bits per heavy atom. The molecule has 68 valence electrons. The van der Waals surface area contributed by atoms with Crippen LogP contribution in [0.4, 0.5) is 0 Å². The molecule has 0 aliphatic heterocycles. The van der Waals surface area contributed by atoms with Crippen LogP contribution >= 0.6 is 0 Å². The van der Waals surface area contributed by atoms with Crippen LogP contribution in [-0.2, 0) is 6.42 Å². The van der Waals surface area contributed by atoms with Gasteiger partial charge in [-0.15, -0.1) is 0 Å². The third-order valence-corrected chi connectivity index (χ3v) is 2.53. The molecule has 1 unspecified atom stereocenters. The highest BCUT2D eigenvalue weighted by Crippen LogP contribution is 2.23. The molecule has 1 nitrogen and oxygen atoms in total. The van der Waals surface area contributed by atoms with E-state index in [-0.39, 0.29) is 6.10 Å². The molecule has 0 bridgehead atoms. The van der Waals surface area contributed by atoms with Crippen molar-refractivity contribution in [1.82, 2.24) is 0 Å². The van der Waals surface area contributed by atoms with Gasteiger partial charge in [-0.2, -0.15) is 0 Å². The average molecular weight is 174 g/mol. The Balaban J connectivity index is 2.43. The molecule has 1 N–H and O–H groups in total. The van der Waals surface area contributed by atoms with Gasteiger partial charge in [-0.3, -0.25) is 0 Å². The SMILES string of the molecule is CC(O)c1ccc2c(c1)C=CCC2. The first-order valence-electron chi connectivity index (χ1n) is 4.75. The first-order valence-corrected chi connectivity index (χ1v) is 4.75. The smallest absolute Gasteiger partial charge is 0.0762 e. The number of fused-ring (bicyclic) bond motifs is 1. The minimum Gasteiger partial charge on any atom is -0.389 e. The fourth-order valence-electron chi connectivity index (χ4n) is 1.71. The molecule has 2 rings (SSSR count). The molecular formula is C12H14O. The number of hydrogen-bond acceptors (Lipinski definition) is 1. The van der Waals surface area contributed by atoms with Gasteiger partial charge in [0.15, 0.2) is 0 Å². The summed E-state index contributed by atoms with van der Waals surface area (Å²) in [5.41, 5.74) is 3.67. The maximum atomic E-state index is 9.40. The van der Waals surface area contributed by atoms with Gasteiger partial charge < -0.3 is 5.11 Å². The summed E-state index contributed by atoms with van der Waals surface area (Å²) in [4.78, 5) is 0. The predicted octanol–water partition coefficient (Wildman–Crippen LogP) is 2.70. The zero-order chi connectivity index (χ0) is 9.26. The van der Waals surface area contributed by atoms with Crippen molar-refractivity contribution < 1.29 is 5.11 Å². The number of allylic oxidation sites excluding steroid dienone is 1. The van der Waals surface area contributed by atoms with Crippen molar-refractivity contribution in [3.8, 4) is 0 Å². The molecule has 1 aliphatic carbocycles. The van der Waals surface area contributed by atoms with Crippen LogP contribution in [0.1, 0.15) is 36.1 Å². The zero-order valence-electron chi connectivity index (χ0n) is 7.83. The number of aryl methyl sites for hydroxylation is 1. The molecule has 0 aromatic heterocycles. The topological polar surface area (TPSA) is 20.2 Å². The van der Waals surface area contributed by atoms with E-state index in [0.717, 1.165) is 18.4 Å². The zero-order valence-corrected chi connectivity index (χ0v) is 7.83. The third-order valence-electron chi connectivity index (χ3n) is 2.53. The molecule has 0 saturated carbocycles. The monoisotopic (exact) mass is 174 g/mol. The highest BCUT2D eigenvalue weighted by Gasteiger charge is 2.07. The number of aliphatic hydroxyl groups excluding tert-OH is 1. The number of rotatable bonds is 1. The fraction of sp³-hybridized carbons (Fsp3) is 0.333.